The zero-order chi connectivity index (χ0) is 14.9. The van der Waals surface area contributed by atoms with Gasteiger partial charge in [-0.15, -0.1) is 0 Å². The first-order valence-corrected chi connectivity index (χ1v) is 6.66. The van der Waals surface area contributed by atoms with Crippen LogP contribution in [0.4, 0.5) is 5.82 Å². The molecule has 0 N–H and O–H groups in total. The predicted molar refractivity (Wildman–Crippen MR) is 76.8 cm³/mol. The van der Waals surface area contributed by atoms with Crippen LogP contribution in [-0.4, -0.2) is 20.3 Å². The van der Waals surface area contributed by atoms with Crippen molar-refractivity contribution in [1.29, 1.82) is 0 Å². The van der Waals surface area contributed by atoms with Gasteiger partial charge in [-0.2, -0.15) is 0 Å². The summed E-state index contributed by atoms with van der Waals surface area (Å²) >= 11 is 3.12. The molecule has 1 heterocycles. The molecule has 7 heteroatoms. The highest BCUT2D eigenvalue weighted by Crippen LogP contribution is 2.25. The number of nitro groups is 1. The Kier molecular flexibility index (Phi) is 3.99. The molecule has 1 aromatic heterocycles. The SMILES string of the molecule is Cc1ccc(C(=O)Cn2c(C)nc([N+](=O)[O-])c2Br)cc1. The molecule has 0 radical (unpaired) electrons. The third kappa shape index (κ3) is 2.77. The van der Waals surface area contributed by atoms with Gasteiger partial charge in [-0.25, -0.2) is 0 Å². The topological polar surface area (TPSA) is 78.0 Å². The highest BCUT2D eigenvalue weighted by atomic mass is 79.9. The van der Waals surface area contributed by atoms with Gasteiger partial charge < -0.3 is 10.1 Å². The van der Waals surface area contributed by atoms with E-state index in [2.05, 4.69) is 20.9 Å². The monoisotopic (exact) mass is 337 g/mol. The average molecular weight is 338 g/mol. The maximum Gasteiger partial charge on any atom is 0.396 e. The van der Waals surface area contributed by atoms with Gasteiger partial charge in [0.2, 0.25) is 5.82 Å². The van der Waals surface area contributed by atoms with Crippen LogP contribution in [0.3, 0.4) is 0 Å². The summed E-state index contributed by atoms with van der Waals surface area (Å²) in [6.07, 6.45) is 0. The van der Waals surface area contributed by atoms with Gasteiger partial charge >= 0.3 is 5.82 Å². The highest BCUT2D eigenvalue weighted by Gasteiger charge is 2.24. The fraction of sp³-hybridized carbons (Fsp3) is 0.231. The first kappa shape index (κ1) is 14.4. The number of rotatable bonds is 4. The fourth-order valence-corrected chi connectivity index (χ4v) is 2.41. The van der Waals surface area contributed by atoms with Crippen molar-refractivity contribution in [2.75, 3.05) is 0 Å². The van der Waals surface area contributed by atoms with E-state index in [1.165, 1.54) is 4.57 Å². The normalized spacial score (nSPS) is 10.6. The molecule has 2 aromatic rings. The van der Waals surface area contributed by atoms with Crippen LogP contribution >= 0.6 is 15.9 Å². The van der Waals surface area contributed by atoms with Crippen molar-refractivity contribution < 1.29 is 9.72 Å². The maximum atomic E-state index is 12.2. The minimum absolute atomic E-state index is 0.0102. The van der Waals surface area contributed by atoms with Crippen LogP contribution in [0.15, 0.2) is 28.9 Å². The van der Waals surface area contributed by atoms with Crippen LogP contribution in [0.2, 0.25) is 0 Å². The van der Waals surface area contributed by atoms with Gasteiger partial charge in [0.1, 0.15) is 0 Å². The first-order chi connectivity index (χ1) is 9.40. The van der Waals surface area contributed by atoms with E-state index in [1.54, 1.807) is 19.1 Å². The van der Waals surface area contributed by atoms with Crippen LogP contribution in [-0.2, 0) is 6.54 Å². The summed E-state index contributed by atoms with van der Waals surface area (Å²) < 4.78 is 1.70. The van der Waals surface area contributed by atoms with E-state index in [0.717, 1.165) is 5.56 Å². The molecule has 20 heavy (non-hydrogen) atoms. The molecule has 0 saturated carbocycles. The molecule has 0 aliphatic carbocycles. The Hall–Kier alpha value is -2.02. The number of hydrogen-bond donors (Lipinski definition) is 0. The third-order valence-electron chi connectivity index (χ3n) is 2.93. The lowest BCUT2D eigenvalue weighted by Gasteiger charge is -2.04. The summed E-state index contributed by atoms with van der Waals surface area (Å²) in [4.78, 5) is 26.2. The molecule has 104 valence electrons. The van der Waals surface area contributed by atoms with Gasteiger partial charge in [0.25, 0.3) is 0 Å². The number of imidazole rings is 1. The quantitative estimate of drug-likeness (QED) is 0.488. The number of ketones is 1. The lowest BCUT2D eigenvalue weighted by atomic mass is 10.1. The highest BCUT2D eigenvalue weighted by molar-refractivity contribution is 9.10. The lowest BCUT2D eigenvalue weighted by molar-refractivity contribution is -0.390. The Morgan fingerprint density at radius 3 is 2.45 bits per heavy atom. The molecule has 1 aromatic carbocycles. The standard InChI is InChI=1S/C13H12BrN3O3/c1-8-3-5-10(6-4-8)11(18)7-16-9(2)15-13(12(16)14)17(19)20/h3-6H,7H2,1-2H3. The summed E-state index contributed by atoms with van der Waals surface area (Å²) in [5.74, 6) is 0.0179. The Bertz CT molecular complexity index is 677. The van der Waals surface area contributed by atoms with E-state index in [4.69, 9.17) is 0 Å². The Morgan fingerprint density at radius 2 is 1.95 bits per heavy atom. The largest absolute Gasteiger partial charge is 0.396 e. The van der Waals surface area contributed by atoms with Gasteiger partial charge in [-0.1, -0.05) is 29.8 Å². The van der Waals surface area contributed by atoms with Crippen molar-refractivity contribution in [3.63, 3.8) is 0 Å². The van der Waals surface area contributed by atoms with Crippen LogP contribution < -0.4 is 0 Å². The molecular weight excluding hydrogens is 326 g/mol. The molecule has 0 fully saturated rings. The van der Waals surface area contributed by atoms with Gasteiger partial charge in [0, 0.05) is 12.5 Å². The van der Waals surface area contributed by atoms with Gasteiger partial charge in [0.05, 0.1) is 6.54 Å². The molecule has 0 amide bonds. The smallest absolute Gasteiger partial charge is 0.358 e. The van der Waals surface area contributed by atoms with Crippen LogP contribution in [0.1, 0.15) is 21.7 Å². The molecular formula is C13H12BrN3O3. The summed E-state index contributed by atoms with van der Waals surface area (Å²) in [5.41, 5.74) is 1.63. The molecule has 6 nitrogen and oxygen atoms in total. The van der Waals surface area contributed by atoms with E-state index in [0.29, 0.717) is 11.4 Å². The zero-order valence-electron chi connectivity index (χ0n) is 11.0. The number of carbonyl (C=O) groups is 1. The molecule has 0 aliphatic heterocycles. The molecule has 0 atom stereocenters. The van der Waals surface area contributed by atoms with E-state index >= 15 is 0 Å². The second kappa shape index (κ2) is 5.54. The number of benzene rings is 1. The van der Waals surface area contributed by atoms with Crippen molar-refractivity contribution >= 4 is 27.5 Å². The fourth-order valence-electron chi connectivity index (χ4n) is 1.80. The number of carbonyl (C=O) groups excluding carboxylic acids is 1. The van der Waals surface area contributed by atoms with Crippen LogP contribution in [0.25, 0.3) is 0 Å². The lowest BCUT2D eigenvalue weighted by Crippen LogP contribution is -2.12. The molecule has 0 unspecified atom stereocenters. The van der Waals surface area contributed by atoms with Crippen molar-refractivity contribution in [2.24, 2.45) is 0 Å². The average Bonchev–Trinajstić information content (AvgIpc) is 2.67. The van der Waals surface area contributed by atoms with Crippen molar-refractivity contribution in [3.8, 4) is 0 Å². The second-order valence-corrected chi connectivity index (χ2v) is 5.16. The number of halogens is 1. The zero-order valence-corrected chi connectivity index (χ0v) is 12.5. The van der Waals surface area contributed by atoms with Crippen molar-refractivity contribution in [2.45, 2.75) is 20.4 Å². The maximum absolute atomic E-state index is 12.2. The van der Waals surface area contributed by atoms with Crippen molar-refractivity contribution in [3.05, 3.63) is 55.9 Å². The minimum Gasteiger partial charge on any atom is -0.358 e. The summed E-state index contributed by atoms with van der Waals surface area (Å²) in [7, 11) is 0. The Labute approximate surface area is 123 Å². The minimum atomic E-state index is -0.579. The number of aryl methyl sites for hydroxylation is 2. The summed E-state index contributed by atoms with van der Waals surface area (Å²) in [5, 5.41) is 10.8. The first-order valence-electron chi connectivity index (χ1n) is 5.87. The number of hydrogen-bond acceptors (Lipinski definition) is 4. The van der Waals surface area contributed by atoms with Gasteiger partial charge in [-0.05, 0) is 32.8 Å². The summed E-state index contributed by atoms with van der Waals surface area (Å²) in [6.45, 7) is 3.57. The molecule has 0 saturated heterocycles. The molecule has 0 spiro atoms. The third-order valence-corrected chi connectivity index (χ3v) is 3.71. The Balaban J connectivity index is 2.28. The molecule has 0 aliphatic rings. The van der Waals surface area contributed by atoms with Crippen LogP contribution in [0, 0.1) is 24.0 Å². The second-order valence-electron chi connectivity index (χ2n) is 4.41. The van der Waals surface area contributed by atoms with E-state index in [1.807, 2.05) is 19.1 Å². The van der Waals surface area contributed by atoms with E-state index in [-0.39, 0.29) is 22.7 Å². The Morgan fingerprint density at radius 1 is 1.35 bits per heavy atom. The van der Waals surface area contributed by atoms with Gasteiger partial charge in [-0.3, -0.25) is 9.36 Å². The van der Waals surface area contributed by atoms with E-state index < -0.39 is 4.92 Å². The van der Waals surface area contributed by atoms with E-state index in [9.17, 15) is 14.9 Å². The van der Waals surface area contributed by atoms with Gasteiger partial charge in [0.15, 0.2) is 10.4 Å². The predicted octanol–water partition coefficient (Wildman–Crippen LogP) is 3.05. The van der Waals surface area contributed by atoms with Crippen LogP contribution in [0.5, 0.6) is 0 Å². The number of nitrogens with zero attached hydrogens (tertiary/aromatic N) is 3. The number of aromatic nitrogens is 2. The number of Topliss-reactive ketones (excluding diaryl/α,β-unsaturated/α-hetero) is 1. The van der Waals surface area contributed by atoms with Crippen molar-refractivity contribution in [1.82, 2.24) is 9.55 Å². The molecule has 0 bridgehead atoms. The summed E-state index contributed by atoms with van der Waals surface area (Å²) in [6, 6.07) is 7.19. The molecule has 2 rings (SSSR count).